The van der Waals surface area contributed by atoms with Gasteiger partial charge in [0.2, 0.25) is 22.1 Å². The van der Waals surface area contributed by atoms with Crippen LogP contribution in [-0.2, 0) is 43.6 Å². The Morgan fingerprint density at radius 1 is 1.17 bits per heavy atom. The number of aliphatic hydroxyl groups excluding tert-OH is 4. The van der Waals surface area contributed by atoms with Crippen LogP contribution in [0.3, 0.4) is 0 Å². The summed E-state index contributed by atoms with van der Waals surface area (Å²) in [5.74, 6) is -2.68. The van der Waals surface area contributed by atoms with E-state index in [1.165, 1.54) is 0 Å². The molecule has 0 spiro atoms. The standard InChI is InChI=1S/C12H19NO15S2/c13-29(20,21)9-6(16)8(5(2-14)25-11(9)19)27-12-7(28-30(22,23)24)3(15)1-4(26-12)10(17)18/h1,3,5-9,11-12,14-16,19H,2H2,(H,17,18)(H2,13,20,21)(H,22,23,24)/t3-,5+,6-,7+,8+,9+,11-,12-/m0/s1. The highest BCUT2D eigenvalue weighted by atomic mass is 32.3. The second kappa shape index (κ2) is 8.96. The van der Waals surface area contributed by atoms with Gasteiger partial charge >= 0.3 is 16.4 Å². The molecule has 2 aliphatic heterocycles. The van der Waals surface area contributed by atoms with Crippen molar-refractivity contribution in [2.45, 2.75) is 48.3 Å². The molecule has 8 N–H and O–H groups in total. The number of aliphatic hydroxyl groups is 4. The van der Waals surface area contributed by atoms with Gasteiger partial charge in [0.15, 0.2) is 17.6 Å². The van der Waals surface area contributed by atoms with Gasteiger partial charge in [-0.25, -0.2) is 22.5 Å². The highest BCUT2D eigenvalue weighted by Gasteiger charge is 2.53. The fraction of sp³-hybridized carbons (Fsp3) is 0.750. The highest BCUT2D eigenvalue weighted by molar-refractivity contribution is 7.89. The minimum atomic E-state index is -5.24. The lowest BCUT2D eigenvalue weighted by Gasteiger charge is -2.43. The van der Waals surface area contributed by atoms with Crippen LogP contribution < -0.4 is 5.14 Å². The number of aliphatic carboxylic acids is 1. The average Bonchev–Trinajstić information content (AvgIpc) is 2.57. The summed E-state index contributed by atoms with van der Waals surface area (Å²) in [6.45, 7) is -0.975. The first kappa shape index (κ1) is 24.8. The van der Waals surface area contributed by atoms with Crippen LogP contribution in [0.2, 0.25) is 0 Å². The fourth-order valence-electron chi connectivity index (χ4n) is 2.85. The Kier molecular flexibility index (Phi) is 7.41. The molecular weight excluding hydrogens is 462 g/mol. The lowest BCUT2D eigenvalue weighted by molar-refractivity contribution is -0.295. The molecule has 0 bridgehead atoms. The molecule has 0 amide bonds. The summed E-state index contributed by atoms with van der Waals surface area (Å²) in [5.41, 5.74) is 0. The SMILES string of the molecule is NS(=O)(=O)[C@@H]1[C@@H](O)[C@H](O[C@@H]2OC(C(=O)O)=C[C@H](O)[C@H]2OS(=O)(=O)O)[C@@H](CO)O[C@@H]1O. The van der Waals surface area contributed by atoms with E-state index in [2.05, 4.69) is 4.18 Å². The van der Waals surface area contributed by atoms with Crippen molar-refractivity contribution in [3.63, 3.8) is 0 Å². The molecule has 2 aliphatic rings. The Hall–Kier alpha value is -1.45. The fourth-order valence-corrected chi connectivity index (χ4v) is 4.27. The molecule has 1 fully saturated rings. The van der Waals surface area contributed by atoms with Gasteiger partial charge in [0.25, 0.3) is 0 Å². The molecule has 2 rings (SSSR count). The van der Waals surface area contributed by atoms with Crippen LogP contribution >= 0.6 is 0 Å². The monoisotopic (exact) mass is 481 g/mol. The molecule has 18 heteroatoms. The van der Waals surface area contributed by atoms with E-state index in [4.69, 9.17) is 29.0 Å². The van der Waals surface area contributed by atoms with Gasteiger partial charge in [0, 0.05) is 0 Å². The van der Waals surface area contributed by atoms with Crippen molar-refractivity contribution in [2.75, 3.05) is 6.61 Å². The normalized spacial score (nSPS) is 37.9. The zero-order valence-electron chi connectivity index (χ0n) is 14.7. The number of rotatable bonds is 7. The van der Waals surface area contributed by atoms with Crippen LogP contribution in [0.5, 0.6) is 0 Å². The first-order chi connectivity index (χ1) is 13.7. The Bertz CT molecular complexity index is 885. The Morgan fingerprint density at radius 3 is 2.23 bits per heavy atom. The molecule has 0 aromatic carbocycles. The van der Waals surface area contributed by atoms with Gasteiger partial charge in [-0.1, -0.05) is 0 Å². The quantitative estimate of drug-likeness (QED) is 0.168. The maximum Gasteiger partial charge on any atom is 0.397 e. The van der Waals surface area contributed by atoms with E-state index in [-0.39, 0.29) is 0 Å². The van der Waals surface area contributed by atoms with E-state index in [1.807, 2.05) is 0 Å². The van der Waals surface area contributed by atoms with Crippen molar-refractivity contribution in [3.8, 4) is 0 Å². The molecule has 0 aromatic heterocycles. The molecule has 0 aromatic rings. The molecule has 8 atom stereocenters. The second-order valence-electron chi connectivity index (χ2n) is 6.19. The third-order valence-electron chi connectivity index (χ3n) is 4.10. The lowest BCUT2D eigenvalue weighted by atomic mass is 10.0. The van der Waals surface area contributed by atoms with Gasteiger partial charge < -0.3 is 39.7 Å². The van der Waals surface area contributed by atoms with E-state index < -0.39 is 87.1 Å². The molecule has 0 aliphatic carbocycles. The van der Waals surface area contributed by atoms with Crippen LogP contribution in [0.4, 0.5) is 0 Å². The van der Waals surface area contributed by atoms with E-state index in [1.54, 1.807) is 0 Å². The summed E-state index contributed by atoms with van der Waals surface area (Å²) < 4.78 is 73.3. The predicted octanol–water partition coefficient (Wildman–Crippen LogP) is -5.03. The van der Waals surface area contributed by atoms with E-state index >= 15 is 0 Å². The summed E-state index contributed by atoms with van der Waals surface area (Å²) in [4.78, 5) is 11.1. The molecule has 30 heavy (non-hydrogen) atoms. The Labute approximate surface area is 169 Å². The molecule has 0 radical (unpaired) electrons. The number of carbonyl (C=O) groups is 1. The first-order valence-electron chi connectivity index (χ1n) is 7.90. The van der Waals surface area contributed by atoms with Crippen molar-refractivity contribution >= 4 is 26.4 Å². The minimum Gasteiger partial charge on any atom is -0.475 e. The molecule has 0 unspecified atom stereocenters. The van der Waals surface area contributed by atoms with Crippen LogP contribution in [-0.4, -0.2) is 108 Å². The number of hydrogen-bond acceptors (Lipinski definition) is 13. The third kappa shape index (κ3) is 5.62. The number of hydrogen-bond donors (Lipinski definition) is 7. The maximum atomic E-state index is 11.6. The molecule has 174 valence electrons. The molecule has 0 saturated carbocycles. The van der Waals surface area contributed by atoms with E-state index in [0.717, 1.165) is 0 Å². The minimum absolute atomic E-state index is 0.520. The second-order valence-corrected chi connectivity index (χ2v) is 8.96. The van der Waals surface area contributed by atoms with Gasteiger partial charge in [-0.05, 0) is 6.08 Å². The maximum absolute atomic E-state index is 11.6. The summed E-state index contributed by atoms with van der Waals surface area (Å²) in [6, 6.07) is 0. The zero-order valence-corrected chi connectivity index (χ0v) is 16.3. The lowest BCUT2D eigenvalue weighted by Crippen LogP contribution is -2.64. The third-order valence-corrected chi connectivity index (χ3v) is 5.83. The van der Waals surface area contributed by atoms with Crippen molar-refractivity contribution in [3.05, 3.63) is 11.8 Å². The number of sulfonamides is 1. The topological polar surface area (TPSA) is 270 Å². The first-order valence-corrected chi connectivity index (χ1v) is 10.9. The number of carboxylic acid groups (broad SMARTS) is 1. The Morgan fingerprint density at radius 2 is 1.77 bits per heavy atom. The number of nitrogens with two attached hydrogens (primary N) is 1. The van der Waals surface area contributed by atoms with Crippen molar-refractivity contribution in [1.82, 2.24) is 0 Å². The van der Waals surface area contributed by atoms with Crippen LogP contribution in [0, 0.1) is 0 Å². The van der Waals surface area contributed by atoms with E-state index in [9.17, 15) is 42.1 Å². The van der Waals surface area contributed by atoms with Gasteiger partial charge in [0.1, 0.15) is 24.4 Å². The molecule has 2 heterocycles. The van der Waals surface area contributed by atoms with E-state index in [0.29, 0.717) is 6.08 Å². The highest BCUT2D eigenvalue weighted by Crippen LogP contribution is 2.31. The van der Waals surface area contributed by atoms with Crippen LogP contribution in [0.25, 0.3) is 0 Å². The van der Waals surface area contributed by atoms with Gasteiger partial charge in [-0.2, -0.15) is 8.42 Å². The number of primary sulfonamides is 1. The number of ether oxygens (including phenoxy) is 3. The van der Waals surface area contributed by atoms with Crippen LogP contribution in [0.1, 0.15) is 0 Å². The zero-order chi connectivity index (χ0) is 23.0. The smallest absolute Gasteiger partial charge is 0.397 e. The van der Waals surface area contributed by atoms with Crippen molar-refractivity contribution < 1.29 is 70.1 Å². The number of carboxylic acids is 1. The van der Waals surface area contributed by atoms with Gasteiger partial charge in [-0.3, -0.25) is 4.55 Å². The molecule has 16 nitrogen and oxygen atoms in total. The van der Waals surface area contributed by atoms with Crippen molar-refractivity contribution in [1.29, 1.82) is 0 Å². The van der Waals surface area contributed by atoms with Gasteiger partial charge in [-0.15, -0.1) is 0 Å². The predicted molar refractivity (Wildman–Crippen MR) is 88.8 cm³/mol. The summed E-state index contributed by atoms with van der Waals surface area (Å²) in [7, 11) is -9.90. The largest absolute Gasteiger partial charge is 0.475 e. The van der Waals surface area contributed by atoms with Gasteiger partial charge in [0.05, 0.1) is 6.61 Å². The Balaban J connectivity index is 2.40. The summed E-state index contributed by atoms with van der Waals surface area (Å²) >= 11 is 0. The van der Waals surface area contributed by atoms with Crippen LogP contribution in [0.15, 0.2) is 11.8 Å². The molecular formula is C12H19NO15S2. The van der Waals surface area contributed by atoms with Crippen molar-refractivity contribution in [2.24, 2.45) is 5.14 Å². The average molecular weight is 481 g/mol. The summed E-state index contributed by atoms with van der Waals surface area (Å²) in [5, 5.41) is 51.2. The molecule has 1 saturated heterocycles. The summed E-state index contributed by atoms with van der Waals surface area (Å²) in [6.07, 6.45) is -13.8.